The van der Waals surface area contributed by atoms with Crippen molar-refractivity contribution < 1.29 is 66.8 Å². The van der Waals surface area contributed by atoms with Crippen LogP contribution in [-0.2, 0) is 56.9 Å². The lowest BCUT2D eigenvalue weighted by atomic mass is 9.78. The fourth-order valence-electron chi connectivity index (χ4n) is 14.8. The molecule has 0 bridgehead atoms. The van der Waals surface area contributed by atoms with E-state index in [4.69, 9.17) is 52.1 Å². The number of esters is 2. The molecule has 0 aliphatic carbocycles. The Labute approximate surface area is 436 Å². The normalized spacial score (nSPS) is 47.0. The van der Waals surface area contributed by atoms with Gasteiger partial charge in [0.1, 0.15) is 31.0 Å². The van der Waals surface area contributed by atoms with Crippen LogP contribution >= 0.6 is 0 Å². The van der Waals surface area contributed by atoms with Gasteiger partial charge in [0.25, 0.3) is 0 Å². The van der Waals surface area contributed by atoms with Crippen molar-refractivity contribution in [2.75, 3.05) is 6.61 Å². The van der Waals surface area contributed by atoms with Crippen LogP contribution in [0.25, 0.3) is 10.8 Å². The van der Waals surface area contributed by atoms with Crippen LogP contribution in [0.4, 0.5) is 0 Å². The van der Waals surface area contributed by atoms with Gasteiger partial charge in [0, 0.05) is 25.7 Å². The molecule has 14 heteroatoms. The van der Waals surface area contributed by atoms with Gasteiger partial charge < -0.3 is 57.2 Å². The highest BCUT2D eigenvalue weighted by Crippen LogP contribution is 2.49. The second kappa shape index (κ2) is 21.0. The van der Waals surface area contributed by atoms with Crippen LogP contribution in [0.2, 0.25) is 0 Å². The summed E-state index contributed by atoms with van der Waals surface area (Å²) in [6, 6.07) is 13.4. The number of hydrogen-bond acceptors (Lipinski definition) is 14. The van der Waals surface area contributed by atoms with Crippen LogP contribution < -0.4 is 0 Å². The second-order valence-electron chi connectivity index (χ2n) is 24.3. The molecule has 0 aromatic heterocycles. The molecular formula is C60H78O14. The zero-order valence-electron chi connectivity index (χ0n) is 43.7. The molecule has 0 saturated carbocycles. The van der Waals surface area contributed by atoms with E-state index in [1.165, 1.54) is 0 Å². The van der Waals surface area contributed by atoms with Crippen molar-refractivity contribution in [1.29, 1.82) is 0 Å². The van der Waals surface area contributed by atoms with Crippen molar-refractivity contribution >= 4 is 22.7 Å². The van der Waals surface area contributed by atoms with Crippen LogP contribution in [0.15, 0.2) is 78.9 Å². The third-order valence-corrected chi connectivity index (χ3v) is 18.4. The number of fused-ring (bicyclic) bond motifs is 10. The summed E-state index contributed by atoms with van der Waals surface area (Å²) in [5, 5.41) is 13.4. The van der Waals surface area contributed by atoms with E-state index in [2.05, 4.69) is 58.6 Å². The Bertz CT molecular complexity index is 2440. The molecule has 16 unspecified atom stereocenters. The van der Waals surface area contributed by atoms with Gasteiger partial charge in [-0.1, -0.05) is 81.1 Å². The van der Waals surface area contributed by atoms with E-state index >= 15 is 0 Å². The third kappa shape index (κ3) is 10.4. The van der Waals surface area contributed by atoms with Gasteiger partial charge in [-0.05, 0) is 112 Å². The number of benzene rings is 2. The van der Waals surface area contributed by atoms with Crippen molar-refractivity contribution in [3.63, 3.8) is 0 Å². The molecule has 12 rings (SSSR count). The fraction of sp³-hybridized carbons (Fsp3) is 0.700. The molecule has 2 aromatic rings. The zero-order valence-corrected chi connectivity index (χ0v) is 43.7. The first-order valence-corrected chi connectivity index (χ1v) is 28.2. The number of ether oxygens (including phenoxy) is 11. The summed E-state index contributed by atoms with van der Waals surface area (Å²) < 4.78 is 74.6. The number of rotatable bonds is 5. The molecule has 0 spiro atoms. The monoisotopic (exact) mass is 1020 g/mol. The molecule has 8 saturated heterocycles. The van der Waals surface area contributed by atoms with Crippen LogP contribution in [0.3, 0.4) is 0 Å². The lowest BCUT2D eigenvalue weighted by molar-refractivity contribution is -0.316. The maximum absolute atomic E-state index is 13.1. The maximum atomic E-state index is 13.1. The molecule has 8 fully saturated rings. The number of hydrogen-bond donors (Lipinski definition) is 1. The number of carbonyl (C=O) groups is 2. The van der Waals surface area contributed by atoms with Crippen molar-refractivity contribution in [1.82, 2.24) is 0 Å². The Morgan fingerprint density at radius 1 is 0.676 bits per heavy atom. The molecule has 10 aliphatic heterocycles. The fourth-order valence-corrected chi connectivity index (χ4v) is 14.8. The minimum atomic E-state index is -0.733. The van der Waals surface area contributed by atoms with Gasteiger partial charge in [0.15, 0.2) is 0 Å². The summed E-state index contributed by atoms with van der Waals surface area (Å²) in [4.78, 5) is 25.5. The second-order valence-corrected chi connectivity index (χ2v) is 24.3. The molecular weight excluding hydrogens is 945 g/mol. The number of aliphatic hydroxyl groups is 1. The van der Waals surface area contributed by atoms with Crippen LogP contribution in [-0.4, -0.2) is 145 Å². The van der Waals surface area contributed by atoms with E-state index in [0.29, 0.717) is 50.0 Å². The Morgan fingerprint density at radius 3 is 2.30 bits per heavy atom. The average Bonchev–Trinajstić information content (AvgIpc) is 3.67. The first-order chi connectivity index (χ1) is 35.7. The maximum Gasteiger partial charge on any atom is 0.339 e. The van der Waals surface area contributed by atoms with E-state index in [1.807, 2.05) is 36.4 Å². The Morgan fingerprint density at radius 2 is 1.42 bits per heavy atom. The zero-order chi connectivity index (χ0) is 50.9. The van der Waals surface area contributed by atoms with Crippen molar-refractivity contribution in [3.8, 4) is 0 Å². The van der Waals surface area contributed by atoms with Crippen LogP contribution in [0.5, 0.6) is 0 Å². The summed E-state index contributed by atoms with van der Waals surface area (Å²) in [7, 11) is 0. The van der Waals surface area contributed by atoms with Gasteiger partial charge in [-0.3, -0.25) is 4.79 Å². The molecule has 74 heavy (non-hydrogen) atoms. The topological polar surface area (TPSA) is 156 Å². The van der Waals surface area contributed by atoms with Gasteiger partial charge in [-0.15, -0.1) is 0 Å². The van der Waals surface area contributed by atoms with E-state index in [0.717, 1.165) is 67.7 Å². The quantitative estimate of drug-likeness (QED) is 0.224. The van der Waals surface area contributed by atoms with Gasteiger partial charge in [0.05, 0.1) is 109 Å². The van der Waals surface area contributed by atoms with E-state index in [1.54, 1.807) is 6.07 Å². The minimum Gasteiger partial charge on any atom is -0.459 e. The van der Waals surface area contributed by atoms with Crippen molar-refractivity contribution in [2.45, 2.75) is 245 Å². The minimum absolute atomic E-state index is 0.0681. The highest BCUT2D eigenvalue weighted by molar-refractivity contribution is 6.04. The molecule has 14 nitrogen and oxygen atoms in total. The standard InChI is InChI=1S/C60H78O14/c1-33-24-46-49(29-55(62)70-46)69-54-28-48-50(74-59(54,4)30-33)25-35(3)56-45(67-48)18-9-8-17-41-42(71-56)19-11-21-44-43(66-41)20-12-22-53-60(5,73-44)31-52-47(68-53)27-51-57(72-52)40(61)26-37(65-51)23-34(2)32-64-58(63)39-16-10-14-36-13-6-7-15-38(36)39/h6-11,13-16,21,33,35,37,40-54,56-57,61H,2,12,17-20,22-32H2,1,3-5H3/b9-8-,21-11-/t33-,35+,37-,40+,41?,42?,43?,44?,45?,46?,47?,48?,49?,50?,51?,52?,53?,54?,56?,57?,59-,60+/m1/s1. The predicted octanol–water partition coefficient (Wildman–Crippen LogP) is 8.76. The van der Waals surface area contributed by atoms with Crippen molar-refractivity contribution in [3.05, 3.63) is 84.5 Å². The molecule has 2 aromatic carbocycles. The molecule has 402 valence electrons. The van der Waals surface area contributed by atoms with Gasteiger partial charge in [-0.25, -0.2) is 4.79 Å². The summed E-state index contributed by atoms with van der Waals surface area (Å²) in [5.74, 6) is -0.0777. The largest absolute Gasteiger partial charge is 0.459 e. The molecule has 10 heterocycles. The summed E-state index contributed by atoms with van der Waals surface area (Å²) in [6.45, 7) is 13.2. The SMILES string of the molecule is C=C(COC(=O)c1cccc2ccccc12)C[C@@H]1C[C@H](O)C2OC3C[C@]4(C)OC5/C=C\CC6OC7C(C/C=C\CC6OC5CCCC4OC3CC2O1)OC1CC2OC3CC(=O)OC3C[C@@H](C)C[C@@]2(C)OC1C[C@@H]7C. The first kappa shape index (κ1) is 51.2. The van der Waals surface area contributed by atoms with Gasteiger partial charge in [0.2, 0.25) is 0 Å². The number of carbonyl (C=O) groups excluding carboxylic acids is 2. The van der Waals surface area contributed by atoms with E-state index in [-0.39, 0.29) is 123 Å². The Kier molecular flexibility index (Phi) is 14.5. The van der Waals surface area contributed by atoms with Crippen LogP contribution in [0, 0.1) is 11.8 Å². The molecule has 0 radical (unpaired) electrons. The predicted molar refractivity (Wildman–Crippen MR) is 272 cm³/mol. The van der Waals surface area contributed by atoms with Crippen LogP contribution in [0.1, 0.15) is 134 Å². The summed E-state index contributed by atoms with van der Waals surface area (Å²) >= 11 is 0. The smallest absolute Gasteiger partial charge is 0.339 e. The van der Waals surface area contributed by atoms with E-state index in [9.17, 15) is 14.7 Å². The van der Waals surface area contributed by atoms with Gasteiger partial charge >= 0.3 is 11.9 Å². The average molecular weight is 1020 g/mol. The van der Waals surface area contributed by atoms with Crippen molar-refractivity contribution in [2.24, 2.45) is 11.8 Å². The highest BCUT2D eigenvalue weighted by Gasteiger charge is 2.57. The summed E-state index contributed by atoms with van der Waals surface area (Å²) in [6.07, 6.45) is 14.6. The lowest BCUT2D eigenvalue weighted by Gasteiger charge is -2.55. The number of aliphatic hydroxyl groups excluding tert-OH is 1. The van der Waals surface area contributed by atoms with E-state index < -0.39 is 29.4 Å². The third-order valence-electron chi connectivity index (χ3n) is 18.4. The molecule has 0 amide bonds. The highest BCUT2D eigenvalue weighted by atomic mass is 16.6. The molecule has 10 aliphatic rings. The Balaban J connectivity index is 0.672. The first-order valence-electron chi connectivity index (χ1n) is 28.2. The lowest BCUT2D eigenvalue weighted by Crippen LogP contribution is -2.65. The molecule has 22 atom stereocenters. The Hall–Kier alpha value is -3.54. The molecule has 1 N–H and O–H groups in total. The summed E-state index contributed by atoms with van der Waals surface area (Å²) in [5.41, 5.74) is 0.104. The van der Waals surface area contributed by atoms with Gasteiger partial charge in [-0.2, -0.15) is 0 Å².